The SMILES string of the molecule is CC(COC1CCOC1)NC(=O)c1cccc(N)c1.Cl. The number of benzene rings is 1. The number of nitrogens with two attached hydrogens (primary N) is 1. The van der Waals surface area contributed by atoms with Crippen molar-refractivity contribution in [3.8, 4) is 0 Å². The van der Waals surface area contributed by atoms with Crippen LogP contribution < -0.4 is 11.1 Å². The van der Waals surface area contributed by atoms with Crippen LogP contribution in [0.2, 0.25) is 0 Å². The predicted molar refractivity (Wildman–Crippen MR) is 80.2 cm³/mol. The van der Waals surface area contributed by atoms with Crippen LogP contribution in [0, 0.1) is 0 Å². The van der Waals surface area contributed by atoms with Crippen LogP contribution in [0.1, 0.15) is 23.7 Å². The fourth-order valence-electron chi connectivity index (χ4n) is 1.95. The zero-order valence-corrected chi connectivity index (χ0v) is 12.3. The third kappa shape index (κ3) is 5.00. The van der Waals surface area contributed by atoms with E-state index < -0.39 is 0 Å². The van der Waals surface area contributed by atoms with Gasteiger partial charge in [-0.2, -0.15) is 0 Å². The first-order chi connectivity index (χ1) is 9.15. The smallest absolute Gasteiger partial charge is 0.251 e. The number of halogens is 1. The van der Waals surface area contributed by atoms with Crippen molar-refractivity contribution in [3.63, 3.8) is 0 Å². The average Bonchev–Trinajstić information content (AvgIpc) is 2.89. The van der Waals surface area contributed by atoms with E-state index in [2.05, 4.69) is 5.32 Å². The normalized spacial score (nSPS) is 19.1. The first-order valence-corrected chi connectivity index (χ1v) is 6.51. The van der Waals surface area contributed by atoms with Gasteiger partial charge in [-0.15, -0.1) is 12.4 Å². The van der Waals surface area contributed by atoms with Gasteiger partial charge < -0.3 is 20.5 Å². The summed E-state index contributed by atoms with van der Waals surface area (Å²) in [6.07, 6.45) is 1.09. The van der Waals surface area contributed by atoms with Crippen LogP contribution in [0.5, 0.6) is 0 Å². The number of nitrogens with one attached hydrogen (secondary N) is 1. The number of hydrogen-bond acceptors (Lipinski definition) is 4. The van der Waals surface area contributed by atoms with E-state index in [0.29, 0.717) is 24.5 Å². The van der Waals surface area contributed by atoms with Crippen LogP contribution >= 0.6 is 12.4 Å². The number of rotatable bonds is 5. The maximum atomic E-state index is 12.0. The topological polar surface area (TPSA) is 73.6 Å². The predicted octanol–water partition coefficient (Wildman–Crippen LogP) is 1.61. The number of carbonyl (C=O) groups is 1. The maximum Gasteiger partial charge on any atom is 0.251 e. The van der Waals surface area contributed by atoms with E-state index in [-0.39, 0.29) is 30.5 Å². The van der Waals surface area contributed by atoms with Gasteiger partial charge in [-0.25, -0.2) is 0 Å². The van der Waals surface area contributed by atoms with Crippen LogP contribution in [-0.2, 0) is 9.47 Å². The number of nitrogen functional groups attached to an aromatic ring is 1. The van der Waals surface area contributed by atoms with E-state index in [1.165, 1.54) is 0 Å². The summed E-state index contributed by atoms with van der Waals surface area (Å²) in [5.41, 5.74) is 6.80. The van der Waals surface area contributed by atoms with Crippen molar-refractivity contribution in [2.75, 3.05) is 25.6 Å². The molecule has 2 unspecified atom stereocenters. The lowest BCUT2D eigenvalue weighted by Gasteiger charge is -2.17. The Kier molecular flexibility index (Phi) is 6.78. The summed E-state index contributed by atoms with van der Waals surface area (Å²) >= 11 is 0. The molecule has 1 aliphatic rings. The van der Waals surface area contributed by atoms with E-state index in [4.69, 9.17) is 15.2 Å². The minimum Gasteiger partial charge on any atom is -0.399 e. The second-order valence-electron chi connectivity index (χ2n) is 4.82. The number of anilines is 1. The summed E-state index contributed by atoms with van der Waals surface area (Å²) in [6, 6.07) is 6.87. The van der Waals surface area contributed by atoms with Crippen molar-refractivity contribution in [2.45, 2.75) is 25.5 Å². The molecule has 0 spiro atoms. The Hall–Kier alpha value is -1.30. The standard InChI is InChI=1S/C14H20N2O3.ClH/c1-10(8-19-13-5-6-18-9-13)16-14(17)11-3-2-4-12(15)7-11;/h2-4,7,10,13H,5-6,8-9,15H2,1H3,(H,16,17);1H. The van der Waals surface area contributed by atoms with Gasteiger partial charge in [0, 0.05) is 23.9 Å². The Balaban J connectivity index is 0.00000200. The van der Waals surface area contributed by atoms with Gasteiger partial charge in [0.1, 0.15) is 0 Å². The minimum absolute atomic E-state index is 0. The van der Waals surface area contributed by atoms with Crippen LogP contribution in [0.4, 0.5) is 5.69 Å². The fraction of sp³-hybridized carbons (Fsp3) is 0.500. The Morgan fingerprint density at radius 3 is 3.05 bits per heavy atom. The number of ether oxygens (including phenoxy) is 2. The Bertz CT molecular complexity index is 436. The Morgan fingerprint density at radius 1 is 1.60 bits per heavy atom. The summed E-state index contributed by atoms with van der Waals surface area (Å²) < 4.78 is 10.9. The summed E-state index contributed by atoms with van der Waals surface area (Å²) in [5, 5.41) is 2.89. The molecule has 1 heterocycles. The lowest BCUT2D eigenvalue weighted by atomic mass is 10.2. The fourth-order valence-corrected chi connectivity index (χ4v) is 1.95. The molecule has 112 valence electrons. The molecule has 20 heavy (non-hydrogen) atoms. The van der Waals surface area contributed by atoms with E-state index in [1.54, 1.807) is 24.3 Å². The van der Waals surface area contributed by atoms with Crippen molar-refractivity contribution < 1.29 is 14.3 Å². The van der Waals surface area contributed by atoms with Crippen molar-refractivity contribution in [2.24, 2.45) is 0 Å². The summed E-state index contributed by atoms with van der Waals surface area (Å²) in [7, 11) is 0. The molecule has 2 atom stereocenters. The Morgan fingerprint density at radius 2 is 2.40 bits per heavy atom. The third-order valence-electron chi connectivity index (χ3n) is 3.00. The highest BCUT2D eigenvalue weighted by atomic mass is 35.5. The first-order valence-electron chi connectivity index (χ1n) is 6.51. The molecule has 0 saturated carbocycles. The van der Waals surface area contributed by atoms with Gasteiger partial charge in [0.15, 0.2) is 0 Å². The first kappa shape index (κ1) is 16.8. The molecule has 1 saturated heterocycles. The van der Waals surface area contributed by atoms with E-state index in [9.17, 15) is 4.79 Å². The zero-order valence-electron chi connectivity index (χ0n) is 11.5. The molecule has 0 radical (unpaired) electrons. The largest absolute Gasteiger partial charge is 0.399 e. The third-order valence-corrected chi connectivity index (χ3v) is 3.00. The van der Waals surface area contributed by atoms with Crippen molar-refractivity contribution in [1.82, 2.24) is 5.32 Å². The quantitative estimate of drug-likeness (QED) is 0.810. The molecule has 0 bridgehead atoms. The number of amides is 1. The second-order valence-corrected chi connectivity index (χ2v) is 4.82. The molecular weight excluding hydrogens is 280 g/mol. The molecule has 6 heteroatoms. The van der Waals surface area contributed by atoms with Crippen LogP contribution in [0.15, 0.2) is 24.3 Å². The van der Waals surface area contributed by atoms with Gasteiger partial charge in [0.25, 0.3) is 5.91 Å². The lowest BCUT2D eigenvalue weighted by molar-refractivity contribution is 0.0318. The van der Waals surface area contributed by atoms with E-state index in [1.807, 2.05) is 6.92 Å². The van der Waals surface area contributed by atoms with Gasteiger partial charge in [-0.05, 0) is 31.5 Å². The van der Waals surface area contributed by atoms with Gasteiger partial charge in [-0.1, -0.05) is 6.07 Å². The molecule has 1 amide bonds. The van der Waals surface area contributed by atoms with E-state index in [0.717, 1.165) is 13.0 Å². The van der Waals surface area contributed by atoms with Gasteiger partial charge in [0.2, 0.25) is 0 Å². The van der Waals surface area contributed by atoms with Crippen LogP contribution in [0.25, 0.3) is 0 Å². The molecule has 0 aliphatic carbocycles. The molecule has 1 fully saturated rings. The van der Waals surface area contributed by atoms with Crippen molar-refractivity contribution in [1.29, 1.82) is 0 Å². The Labute approximate surface area is 125 Å². The maximum absolute atomic E-state index is 12.0. The molecule has 5 nitrogen and oxygen atoms in total. The highest BCUT2D eigenvalue weighted by Crippen LogP contribution is 2.09. The highest BCUT2D eigenvalue weighted by Gasteiger charge is 2.17. The van der Waals surface area contributed by atoms with Gasteiger partial charge in [-0.3, -0.25) is 4.79 Å². The lowest BCUT2D eigenvalue weighted by Crippen LogP contribution is -2.37. The molecule has 0 aromatic heterocycles. The summed E-state index contributed by atoms with van der Waals surface area (Å²) in [6.45, 7) is 3.81. The summed E-state index contributed by atoms with van der Waals surface area (Å²) in [4.78, 5) is 12.0. The van der Waals surface area contributed by atoms with Crippen LogP contribution in [0.3, 0.4) is 0 Å². The molecule has 3 N–H and O–H groups in total. The average molecular weight is 301 g/mol. The highest BCUT2D eigenvalue weighted by molar-refractivity contribution is 5.95. The number of carbonyl (C=O) groups excluding carboxylic acids is 1. The minimum atomic E-state index is -0.133. The molecule has 1 aromatic rings. The molecule has 1 aliphatic heterocycles. The van der Waals surface area contributed by atoms with Gasteiger partial charge >= 0.3 is 0 Å². The molecular formula is C14H21ClN2O3. The zero-order chi connectivity index (χ0) is 13.7. The van der Waals surface area contributed by atoms with Crippen LogP contribution in [-0.4, -0.2) is 37.9 Å². The van der Waals surface area contributed by atoms with Crippen molar-refractivity contribution >= 4 is 24.0 Å². The second kappa shape index (κ2) is 8.09. The van der Waals surface area contributed by atoms with E-state index >= 15 is 0 Å². The molecule has 1 aromatic carbocycles. The molecule has 2 rings (SSSR count). The van der Waals surface area contributed by atoms with Gasteiger partial charge in [0.05, 0.1) is 19.3 Å². The number of hydrogen-bond donors (Lipinski definition) is 2. The monoisotopic (exact) mass is 300 g/mol. The van der Waals surface area contributed by atoms with Crippen molar-refractivity contribution in [3.05, 3.63) is 29.8 Å². The summed E-state index contributed by atoms with van der Waals surface area (Å²) in [5.74, 6) is -0.133.